The number of aromatic hydroxyl groups is 1. The number of benzene rings is 1. The van der Waals surface area contributed by atoms with Gasteiger partial charge < -0.3 is 5.11 Å². The van der Waals surface area contributed by atoms with Crippen molar-refractivity contribution in [3.05, 3.63) is 29.6 Å². The summed E-state index contributed by atoms with van der Waals surface area (Å²) in [7, 11) is -3.15. The van der Waals surface area contributed by atoms with Gasteiger partial charge in [-0.2, -0.15) is 4.31 Å². The second-order valence-electron chi connectivity index (χ2n) is 5.08. The predicted molar refractivity (Wildman–Crippen MR) is 74.5 cm³/mol. The van der Waals surface area contributed by atoms with E-state index in [1.165, 1.54) is 16.6 Å². The van der Waals surface area contributed by atoms with E-state index in [1.54, 1.807) is 6.07 Å². The molecule has 1 aliphatic heterocycles. The quantitative estimate of drug-likeness (QED) is 0.910. The van der Waals surface area contributed by atoms with Crippen LogP contribution < -0.4 is 0 Å². The van der Waals surface area contributed by atoms with Gasteiger partial charge in [-0.1, -0.05) is 6.07 Å². The van der Waals surface area contributed by atoms with E-state index in [1.807, 2.05) is 6.92 Å². The summed E-state index contributed by atoms with van der Waals surface area (Å²) in [5.74, 6) is -0.539. The lowest BCUT2D eigenvalue weighted by atomic mass is 10.0. The lowest BCUT2D eigenvalue weighted by Crippen LogP contribution is -2.48. The maximum absolute atomic E-state index is 13.0. The minimum absolute atomic E-state index is 0.0666. The van der Waals surface area contributed by atoms with Crippen LogP contribution in [0, 0.1) is 5.82 Å². The molecule has 0 amide bonds. The number of nitrogens with zero attached hydrogens (tertiary/aromatic N) is 2. The van der Waals surface area contributed by atoms with E-state index in [0.717, 1.165) is 6.07 Å². The lowest BCUT2D eigenvalue weighted by Gasteiger charge is -2.37. The Morgan fingerprint density at radius 1 is 1.25 bits per heavy atom. The Hall–Kier alpha value is -1.18. The molecule has 1 fully saturated rings. The highest BCUT2D eigenvalue weighted by molar-refractivity contribution is 7.88. The van der Waals surface area contributed by atoms with Crippen LogP contribution in [0.2, 0.25) is 0 Å². The molecule has 0 radical (unpaired) electrons. The summed E-state index contributed by atoms with van der Waals surface area (Å²) in [6.07, 6.45) is 1.21. The molecule has 0 bridgehead atoms. The molecule has 7 heteroatoms. The Morgan fingerprint density at radius 3 is 2.35 bits per heavy atom. The standard InChI is InChI=1S/C13H19FN2O3S/c1-10(12-4-3-11(14)9-13(12)17)15-5-7-16(8-6-15)20(2,18)19/h3-4,9-10,17H,5-8H2,1-2H3. The molecular formula is C13H19FN2O3S. The summed E-state index contributed by atoms with van der Waals surface area (Å²) in [6, 6.07) is 3.90. The normalized spacial score (nSPS) is 19.9. The van der Waals surface area contributed by atoms with Gasteiger partial charge in [0.25, 0.3) is 0 Å². The highest BCUT2D eigenvalue weighted by Crippen LogP contribution is 2.29. The van der Waals surface area contributed by atoms with E-state index < -0.39 is 15.8 Å². The number of phenols is 1. The van der Waals surface area contributed by atoms with Crippen LogP contribution in [0.15, 0.2) is 18.2 Å². The van der Waals surface area contributed by atoms with E-state index in [-0.39, 0.29) is 11.8 Å². The molecule has 1 aromatic rings. The van der Waals surface area contributed by atoms with E-state index in [2.05, 4.69) is 4.90 Å². The molecule has 0 aliphatic carbocycles. The molecule has 1 saturated heterocycles. The zero-order valence-corrected chi connectivity index (χ0v) is 12.4. The SMILES string of the molecule is CC(c1ccc(F)cc1O)N1CCN(S(C)(=O)=O)CC1. The molecule has 1 aliphatic rings. The molecular weight excluding hydrogens is 283 g/mol. The van der Waals surface area contributed by atoms with Crippen LogP contribution in [-0.2, 0) is 10.0 Å². The van der Waals surface area contributed by atoms with Gasteiger partial charge in [-0.3, -0.25) is 4.90 Å². The number of halogens is 1. The van der Waals surface area contributed by atoms with Gasteiger partial charge in [0.15, 0.2) is 0 Å². The van der Waals surface area contributed by atoms with Crippen molar-refractivity contribution in [1.82, 2.24) is 9.21 Å². The van der Waals surface area contributed by atoms with Crippen molar-refractivity contribution in [1.29, 1.82) is 0 Å². The summed E-state index contributed by atoms with van der Waals surface area (Å²) < 4.78 is 37.3. The van der Waals surface area contributed by atoms with Crippen molar-refractivity contribution in [2.24, 2.45) is 0 Å². The number of sulfonamides is 1. The minimum atomic E-state index is -3.15. The van der Waals surface area contributed by atoms with Gasteiger partial charge in [-0.25, -0.2) is 12.8 Å². The fraction of sp³-hybridized carbons (Fsp3) is 0.538. The minimum Gasteiger partial charge on any atom is -0.508 e. The van der Waals surface area contributed by atoms with Crippen LogP contribution in [0.25, 0.3) is 0 Å². The van der Waals surface area contributed by atoms with Gasteiger partial charge in [0.1, 0.15) is 11.6 Å². The molecule has 1 aromatic carbocycles. The van der Waals surface area contributed by atoms with Crippen LogP contribution in [0.3, 0.4) is 0 Å². The van der Waals surface area contributed by atoms with Crippen molar-refractivity contribution in [2.45, 2.75) is 13.0 Å². The number of piperazine rings is 1. The third kappa shape index (κ3) is 3.28. The summed E-state index contributed by atoms with van der Waals surface area (Å²) in [5.41, 5.74) is 0.652. The highest BCUT2D eigenvalue weighted by Gasteiger charge is 2.27. The lowest BCUT2D eigenvalue weighted by molar-refractivity contribution is 0.144. The molecule has 1 unspecified atom stereocenters. The maximum Gasteiger partial charge on any atom is 0.211 e. The van der Waals surface area contributed by atoms with Crippen LogP contribution in [0.1, 0.15) is 18.5 Å². The first-order valence-corrected chi connectivity index (χ1v) is 8.31. The summed E-state index contributed by atoms with van der Waals surface area (Å²) >= 11 is 0. The van der Waals surface area contributed by atoms with Crippen LogP contribution in [0.5, 0.6) is 5.75 Å². The molecule has 0 spiro atoms. The van der Waals surface area contributed by atoms with Crippen LogP contribution >= 0.6 is 0 Å². The Balaban J connectivity index is 2.07. The molecule has 1 atom stereocenters. The van der Waals surface area contributed by atoms with E-state index >= 15 is 0 Å². The first kappa shape index (κ1) is 15.2. The molecule has 2 rings (SSSR count). The highest BCUT2D eigenvalue weighted by atomic mass is 32.2. The van der Waals surface area contributed by atoms with Gasteiger partial charge >= 0.3 is 0 Å². The number of rotatable bonds is 3. The molecule has 0 saturated carbocycles. The van der Waals surface area contributed by atoms with Crippen LogP contribution in [-0.4, -0.2) is 55.2 Å². The summed E-state index contributed by atoms with van der Waals surface area (Å²) in [5, 5.41) is 9.80. The van der Waals surface area contributed by atoms with Crippen LogP contribution in [0.4, 0.5) is 4.39 Å². The fourth-order valence-electron chi connectivity index (χ4n) is 2.49. The predicted octanol–water partition coefficient (Wildman–Crippen LogP) is 1.17. The largest absolute Gasteiger partial charge is 0.508 e. The Morgan fingerprint density at radius 2 is 1.85 bits per heavy atom. The van der Waals surface area contributed by atoms with E-state index in [9.17, 15) is 17.9 Å². The first-order valence-electron chi connectivity index (χ1n) is 6.46. The van der Waals surface area contributed by atoms with Crippen molar-refractivity contribution < 1.29 is 17.9 Å². The van der Waals surface area contributed by atoms with Crippen molar-refractivity contribution in [3.8, 4) is 5.75 Å². The van der Waals surface area contributed by atoms with Crippen molar-refractivity contribution in [3.63, 3.8) is 0 Å². The maximum atomic E-state index is 13.0. The fourth-order valence-corrected chi connectivity index (χ4v) is 3.32. The van der Waals surface area contributed by atoms with Gasteiger partial charge in [0, 0.05) is 43.9 Å². The smallest absolute Gasteiger partial charge is 0.211 e. The zero-order valence-electron chi connectivity index (χ0n) is 11.6. The van der Waals surface area contributed by atoms with Gasteiger partial charge in [0.05, 0.1) is 6.26 Å². The number of hydrogen-bond donors (Lipinski definition) is 1. The monoisotopic (exact) mass is 302 g/mol. The number of hydrogen-bond acceptors (Lipinski definition) is 4. The number of phenolic OH excluding ortho intramolecular Hbond substituents is 1. The average Bonchev–Trinajstić information content (AvgIpc) is 2.37. The van der Waals surface area contributed by atoms with Gasteiger partial charge in [-0.05, 0) is 13.0 Å². The second-order valence-corrected chi connectivity index (χ2v) is 7.06. The molecule has 112 valence electrons. The first-order chi connectivity index (χ1) is 9.29. The Kier molecular flexibility index (Phi) is 4.31. The molecule has 1 N–H and O–H groups in total. The van der Waals surface area contributed by atoms with E-state index in [4.69, 9.17) is 0 Å². The third-order valence-corrected chi connectivity index (χ3v) is 5.04. The molecule has 20 heavy (non-hydrogen) atoms. The third-order valence-electron chi connectivity index (χ3n) is 3.73. The second kappa shape index (κ2) is 5.67. The topological polar surface area (TPSA) is 60.9 Å². The zero-order chi connectivity index (χ0) is 14.9. The van der Waals surface area contributed by atoms with Gasteiger partial charge in [0.2, 0.25) is 10.0 Å². The molecule has 1 heterocycles. The Labute approximate surface area is 118 Å². The summed E-state index contributed by atoms with van der Waals surface area (Å²) in [6.45, 7) is 3.97. The van der Waals surface area contributed by atoms with Crippen molar-refractivity contribution >= 4 is 10.0 Å². The average molecular weight is 302 g/mol. The Bertz CT molecular complexity index is 583. The summed E-state index contributed by atoms with van der Waals surface area (Å²) in [4.78, 5) is 2.08. The molecule has 0 aromatic heterocycles. The molecule has 5 nitrogen and oxygen atoms in total. The van der Waals surface area contributed by atoms with Gasteiger partial charge in [-0.15, -0.1) is 0 Å². The van der Waals surface area contributed by atoms with E-state index in [0.29, 0.717) is 31.7 Å². The van der Waals surface area contributed by atoms with Crippen molar-refractivity contribution in [2.75, 3.05) is 32.4 Å².